The first-order valence-electron chi connectivity index (χ1n) is 6.49. The first-order chi connectivity index (χ1) is 11.5. The summed E-state index contributed by atoms with van der Waals surface area (Å²) in [6.45, 7) is 0. The van der Waals surface area contributed by atoms with Gasteiger partial charge >= 0.3 is 24.5 Å². The Hall–Kier alpha value is -2.06. The number of esters is 1. The monoisotopic (exact) mass is 401 g/mol. The van der Waals surface area contributed by atoms with Gasteiger partial charge in [-0.1, -0.05) is 0 Å². The molecule has 0 aromatic heterocycles. The van der Waals surface area contributed by atoms with Crippen LogP contribution in [0.5, 0.6) is 0 Å². The molecule has 148 valence electrons. The lowest BCUT2D eigenvalue weighted by atomic mass is 9.76. The summed E-state index contributed by atoms with van der Waals surface area (Å²) in [4.78, 5) is 25.8. The maximum absolute atomic E-state index is 13.6. The molecule has 1 saturated heterocycles. The predicted octanol–water partition coefficient (Wildman–Crippen LogP) is 1.42. The Morgan fingerprint density at radius 3 is 2.04 bits per heavy atom. The van der Waals surface area contributed by atoms with Crippen molar-refractivity contribution in [2.45, 2.75) is 36.3 Å². The number of Topliss-reactive ketones (excluding diaryl/α,β-unsaturated/α-hetero) is 1. The van der Waals surface area contributed by atoms with Crippen LogP contribution in [0.1, 0.15) is 6.42 Å². The van der Waals surface area contributed by atoms with E-state index in [1.165, 1.54) is 0 Å². The Morgan fingerprint density at radius 2 is 1.65 bits per heavy atom. The van der Waals surface area contributed by atoms with Gasteiger partial charge in [-0.3, -0.25) is 14.9 Å². The Balaban J connectivity index is 2.85. The van der Waals surface area contributed by atoms with E-state index in [4.69, 9.17) is 0 Å². The Morgan fingerprint density at radius 1 is 1.12 bits per heavy atom. The molecule has 3 atom stereocenters. The molecular formula is C11H8F9N3O3. The summed E-state index contributed by atoms with van der Waals surface area (Å²) in [6.07, 6.45) is -19.5. The highest BCUT2D eigenvalue weighted by atomic mass is 19.4. The van der Waals surface area contributed by atoms with E-state index in [-0.39, 0.29) is 0 Å². The summed E-state index contributed by atoms with van der Waals surface area (Å²) in [5.74, 6) is -9.65. The highest BCUT2D eigenvalue weighted by molar-refractivity contribution is 6.04. The largest absolute Gasteiger partial charge is 0.468 e. The number of carbonyl (C=O) groups is 2. The number of piperidine rings is 1. The quantitative estimate of drug-likeness (QED) is 0.395. The summed E-state index contributed by atoms with van der Waals surface area (Å²) < 4.78 is 123. The van der Waals surface area contributed by atoms with E-state index in [9.17, 15) is 49.1 Å². The van der Waals surface area contributed by atoms with Crippen LogP contribution in [0, 0.1) is 5.92 Å². The van der Waals surface area contributed by atoms with Crippen LogP contribution >= 0.6 is 0 Å². The number of nitrogens with zero attached hydrogens (tertiary/aromatic N) is 1. The van der Waals surface area contributed by atoms with Gasteiger partial charge in [-0.2, -0.15) is 39.5 Å². The highest BCUT2D eigenvalue weighted by Crippen LogP contribution is 2.50. The molecule has 2 N–H and O–H groups in total. The van der Waals surface area contributed by atoms with Crippen molar-refractivity contribution in [3.63, 3.8) is 0 Å². The Kier molecular flexibility index (Phi) is 4.26. The maximum Gasteiger partial charge on any atom is 0.448 e. The first kappa shape index (κ1) is 20.3. The topological polar surface area (TPSA) is 79.8 Å². The van der Waals surface area contributed by atoms with Crippen LogP contribution in [0.25, 0.3) is 0 Å². The number of aliphatic imine (C=N–C) groups is 1. The molecule has 26 heavy (non-hydrogen) atoms. The summed E-state index contributed by atoms with van der Waals surface area (Å²) >= 11 is 0. The van der Waals surface area contributed by atoms with Gasteiger partial charge in [0.15, 0.2) is 17.4 Å². The van der Waals surface area contributed by atoms with E-state index < -0.39 is 59.8 Å². The molecule has 6 nitrogen and oxygen atoms in total. The molecule has 0 aromatic rings. The van der Waals surface area contributed by atoms with Crippen molar-refractivity contribution in [3.05, 3.63) is 0 Å². The van der Waals surface area contributed by atoms with Gasteiger partial charge in [0, 0.05) is 0 Å². The first-order valence-corrected chi connectivity index (χ1v) is 6.49. The molecule has 0 radical (unpaired) electrons. The van der Waals surface area contributed by atoms with Crippen molar-refractivity contribution >= 4 is 17.6 Å². The molecule has 15 heteroatoms. The lowest BCUT2D eigenvalue weighted by molar-refractivity contribution is -0.270. The average molecular weight is 401 g/mol. The van der Waals surface area contributed by atoms with Crippen LogP contribution in [0.3, 0.4) is 0 Å². The van der Waals surface area contributed by atoms with Gasteiger partial charge in [-0.15, -0.1) is 0 Å². The molecular weight excluding hydrogens is 393 g/mol. The molecule has 1 fully saturated rings. The molecule has 2 heterocycles. The number of ketones is 1. The van der Waals surface area contributed by atoms with E-state index in [1.54, 1.807) is 0 Å². The van der Waals surface area contributed by atoms with E-state index in [2.05, 4.69) is 9.73 Å². The van der Waals surface area contributed by atoms with E-state index in [0.29, 0.717) is 7.11 Å². The van der Waals surface area contributed by atoms with Crippen LogP contribution in [0.15, 0.2) is 4.99 Å². The summed E-state index contributed by atoms with van der Waals surface area (Å²) in [6, 6.07) is 0. The number of carbonyl (C=O) groups excluding carboxylic acids is 2. The standard InChI is InChI=1S/C11H8F9N3O3/c1-26-5(25)4-3(24)2-7(10(15,16)17)21-6(9(12,13)14)22-8(4,23-7)11(18,19)20/h4,23H,2H2,1H3,(H,21,22)/t4-,7-,8+/m1/s1. The summed E-state index contributed by atoms with van der Waals surface area (Å²) in [5, 5.41) is 1.69. The normalized spacial score (nSPS) is 32.6. The second-order valence-electron chi connectivity index (χ2n) is 5.47. The third-order valence-corrected chi connectivity index (χ3v) is 3.82. The van der Waals surface area contributed by atoms with Crippen LogP contribution in [-0.2, 0) is 14.3 Å². The molecule has 0 aliphatic carbocycles. The minimum atomic E-state index is -5.99. The minimum Gasteiger partial charge on any atom is -0.468 e. The SMILES string of the molecule is COC(=O)[C@H]1C(=O)C[C@@]2(C(F)(F)F)NC(C(F)(F)F)=N[C@]1(C(F)(F)F)N2. The number of halogens is 9. The molecule has 2 aliphatic heterocycles. The molecule has 0 amide bonds. The van der Waals surface area contributed by atoms with Crippen LogP contribution in [-0.4, -0.2) is 54.6 Å². The Labute approximate surface area is 137 Å². The third-order valence-electron chi connectivity index (χ3n) is 3.82. The number of alkyl halides is 9. The Bertz CT molecular complexity index is 669. The number of fused-ring (bicyclic) bond motifs is 2. The zero-order valence-corrected chi connectivity index (χ0v) is 12.4. The fraction of sp³-hybridized carbons (Fsp3) is 0.727. The number of hydrogen-bond donors (Lipinski definition) is 2. The second kappa shape index (κ2) is 5.47. The van der Waals surface area contributed by atoms with Crippen molar-refractivity contribution in [2.24, 2.45) is 10.9 Å². The van der Waals surface area contributed by atoms with Gasteiger partial charge in [-0.25, -0.2) is 4.99 Å². The lowest BCUT2D eigenvalue weighted by Gasteiger charge is -2.53. The summed E-state index contributed by atoms with van der Waals surface area (Å²) in [7, 11) is 0.515. The van der Waals surface area contributed by atoms with Crippen LogP contribution in [0.2, 0.25) is 0 Å². The number of rotatable bonds is 1. The van der Waals surface area contributed by atoms with E-state index in [0.717, 1.165) is 10.6 Å². The van der Waals surface area contributed by atoms with Gasteiger partial charge in [0.1, 0.15) is 0 Å². The number of ether oxygens (including phenoxy) is 1. The zero-order chi connectivity index (χ0) is 20.3. The molecule has 0 unspecified atom stereocenters. The molecule has 0 aromatic carbocycles. The second-order valence-corrected chi connectivity index (χ2v) is 5.47. The lowest BCUT2D eigenvalue weighted by Crippen LogP contribution is -2.85. The van der Waals surface area contributed by atoms with Crippen molar-refractivity contribution in [3.8, 4) is 0 Å². The van der Waals surface area contributed by atoms with E-state index >= 15 is 0 Å². The molecule has 2 bridgehead atoms. The third kappa shape index (κ3) is 2.77. The van der Waals surface area contributed by atoms with Gasteiger partial charge in [0.25, 0.3) is 0 Å². The number of methoxy groups -OCH3 is 1. The smallest absolute Gasteiger partial charge is 0.448 e. The van der Waals surface area contributed by atoms with Crippen LogP contribution < -0.4 is 10.6 Å². The number of nitrogens with one attached hydrogen (secondary N) is 2. The number of hydrogen-bond acceptors (Lipinski definition) is 6. The van der Waals surface area contributed by atoms with Crippen molar-refractivity contribution in [1.29, 1.82) is 0 Å². The fourth-order valence-corrected chi connectivity index (χ4v) is 2.71. The van der Waals surface area contributed by atoms with Crippen molar-refractivity contribution in [1.82, 2.24) is 10.6 Å². The molecule has 2 rings (SSSR count). The van der Waals surface area contributed by atoms with Crippen LogP contribution in [0.4, 0.5) is 39.5 Å². The maximum atomic E-state index is 13.6. The molecule has 0 spiro atoms. The fourth-order valence-electron chi connectivity index (χ4n) is 2.71. The van der Waals surface area contributed by atoms with Gasteiger partial charge in [-0.05, 0) is 0 Å². The average Bonchev–Trinajstić information content (AvgIpc) is 2.42. The van der Waals surface area contributed by atoms with Gasteiger partial charge in [0.2, 0.25) is 11.5 Å². The predicted molar refractivity (Wildman–Crippen MR) is 62.5 cm³/mol. The van der Waals surface area contributed by atoms with E-state index in [1.807, 2.05) is 0 Å². The molecule has 2 aliphatic rings. The van der Waals surface area contributed by atoms with Gasteiger partial charge in [0.05, 0.1) is 13.5 Å². The minimum absolute atomic E-state index is 0.515. The molecule has 0 saturated carbocycles. The summed E-state index contributed by atoms with van der Waals surface area (Å²) in [5.41, 5.74) is -8.64. The highest BCUT2D eigenvalue weighted by Gasteiger charge is 2.77. The van der Waals surface area contributed by atoms with Crippen molar-refractivity contribution in [2.75, 3.05) is 7.11 Å². The zero-order valence-electron chi connectivity index (χ0n) is 12.4. The van der Waals surface area contributed by atoms with Crippen molar-refractivity contribution < 1.29 is 53.8 Å². The van der Waals surface area contributed by atoms with Gasteiger partial charge < -0.3 is 10.1 Å². The number of amidine groups is 1.